The Morgan fingerprint density at radius 3 is 2.52 bits per heavy atom. The predicted molar refractivity (Wildman–Crippen MR) is 71.1 cm³/mol. The number of carbonyl (C=O) groups is 1. The van der Waals surface area contributed by atoms with Crippen LogP contribution in [0.3, 0.4) is 0 Å². The fourth-order valence-electron chi connectivity index (χ4n) is 2.33. The average molecular weight is 302 g/mol. The second kappa shape index (κ2) is 6.34. The van der Waals surface area contributed by atoms with Gasteiger partial charge in [-0.05, 0) is 43.7 Å². The van der Waals surface area contributed by atoms with E-state index in [0.717, 1.165) is 38.1 Å². The Balaban J connectivity index is 2.02. The van der Waals surface area contributed by atoms with Gasteiger partial charge in [0.1, 0.15) is 5.75 Å². The maximum absolute atomic E-state index is 12.3. The van der Waals surface area contributed by atoms with E-state index in [0.29, 0.717) is 5.56 Å². The van der Waals surface area contributed by atoms with Crippen molar-refractivity contribution in [2.45, 2.75) is 25.2 Å². The largest absolute Gasteiger partial charge is 0.573 e. The highest BCUT2D eigenvalue weighted by atomic mass is 19.4. The first-order valence-corrected chi connectivity index (χ1v) is 6.70. The lowest BCUT2D eigenvalue weighted by atomic mass is 10.1. The van der Waals surface area contributed by atoms with Crippen LogP contribution in [0.2, 0.25) is 0 Å². The Kier molecular flexibility index (Phi) is 4.72. The molecule has 1 saturated heterocycles. The SMILES string of the molecule is CN(C(=O)c1ccc(OC(F)(F)F)cc1)[C@@H]1CCCNC1. The summed E-state index contributed by atoms with van der Waals surface area (Å²) in [5.74, 6) is -0.539. The number of rotatable bonds is 3. The number of piperidine rings is 1. The molecule has 116 valence electrons. The van der Waals surface area contributed by atoms with Gasteiger partial charge < -0.3 is 15.0 Å². The van der Waals surface area contributed by atoms with Crippen molar-refractivity contribution in [3.8, 4) is 5.75 Å². The monoisotopic (exact) mass is 302 g/mol. The molecule has 1 aliphatic rings. The third-order valence-corrected chi connectivity index (χ3v) is 3.47. The molecule has 0 bridgehead atoms. The van der Waals surface area contributed by atoms with Crippen LogP contribution >= 0.6 is 0 Å². The Morgan fingerprint density at radius 2 is 2.00 bits per heavy atom. The number of alkyl halides is 3. The molecule has 1 amide bonds. The molecular formula is C14H17F3N2O2. The van der Waals surface area contributed by atoms with Crippen molar-refractivity contribution in [1.82, 2.24) is 10.2 Å². The number of benzene rings is 1. The molecule has 1 N–H and O–H groups in total. The highest BCUT2D eigenvalue weighted by Gasteiger charge is 2.31. The van der Waals surface area contributed by atoms with Gasteiger partial charge in [0, 0.05) is 25.2 Å². The van der Waals surface area contributed by atoms with Crippen LogP contribution in [0.1, 0.15) is 23.2 Å². The summed E-state index contributed by atoms with van der Waals surface area (Å²) in [6, 6.07) is 5.09. The fourth-order valence-corrected chi connectivity index (χ4v) is 2.33. The molecule has 7 heteroatoms. The number of nitrogens with one attached hydrogen (secondary N) is 1. The molecule has 0 radical (unpaired) electrons. The van der Waals surface area contributed by atoms with E-state index < -0.39 is 6.36 Å². The van der Waals surface area contributed by atoms with E-state index in [4.69, 9.17) is 0 Å². The molecule has 1 heterocycles. The van der Waals surface area contributed by atoms with Gasteiger partial charge in [0.25, 0.3) is 5.91 Å². The Bertz CT molecular complexity index is 482. The molecular weight excluding hydrogens is 285 g/mol. The zero-order chi connectivity index (χ0) is 15.5. The number of nitrogens with zero attached hydrogens (tertiary/aromatic N) is 1. The lowest BCUT2D eigenvalue weighted by Crippen LogP contribution is -2.46. The lowest BCUT2D eigenvalue weighted by Gasteiger charge is -2.31. The number of amides is 1. The average Bonchev–Trinajstić information content (AvgIpc) is 2.46. The minimum atomic E-state index is -4.73. The number of carbonyl (C=O) groups excluding carboxylic acids is 1. The highest BCUT2D eigenvalue weighted by molar-refractivity contribution is 5.94. The van der Waals surface area contributed by atoms with Crippen LogP contribution in [0.4, 0.5) is 13.2 Å². The molecule has 4 nitrogen and oxygen atoms in total. The summed E-state index contributed by atoms with van der Waals surface area (Å²) in [5.41, 5.74) is 0.345. The molecule has 1 aliphatic heterocycles. The predicted octanol–water partition coefficient (Wildman–Crippen LogP) is 2.41. The molecule has 1 aromatic carbocycles. The van der Waals surface area contributed by atoms with Gasteiger partial charge in [0.15, 0.2) is 0 Å². The van der Waals surface area contributed by atoms with E-state index in [1.807, 2.05) is 0 Å². The molecule has 21 heavy (non-hydrogen) atoms. The van der Waals surface area contributed by atoms with Crippen molar-refractivity contribution in [1.29, 1.82) is 0 Å². The zero-order valence-corrected chi connectivity index (χ0v) is 11.6. The topological polar surface area (TPSA) is 41.6 Å². The van der Waals surface area contributed by atoms with E-state index in [1.54, 1.807) is 11.9 Å². The molecule has 0 spiro atoms. The summed E-state index contributed by atoms with van der Waals surface area (Å²) >= 11 is 0. The van der Waals surface area contributed by atoms with Crippen molar-refractivity contribution < 1.29 is 22.7 Å². The number of hydrogen-bond donors (Lipinski definition) is 1. The lowest BCUT2D eigenvalue weighted by molar-refractivity contribution is -0.274. The van der Waals surface area contributed by atoms with Gasteiger partial charge in [-0.2, -0.15) is 0 Å². The van der Waals surface area contributed by atoms with E-state index in [2.05, 4.69) is 10.1 Å². The van der Waals surface area contributed by atoms with Gasteiger partial charge in [0.05, 0.1) is 0 Å². The minimum absolute atomic E-state index is 0.109. The summed E-state index contributed by atoms with van der Waals surface area (Å²) in [7, 11) is 1.71. The van der Waals surface area contributed by atoms with Crippen LogP contribution in [0, 0.1) is 0 Å². The van der Waals surface area contributed by atoms with E-state index in [9.17, 15) is 18.0 Å². The van der Waals surface area contributed by atoms with E-state index in [1.165, 1.54) is 12.1 Å². The Labute approximate surface area is 120 Å². The first-order valence-electron chi connectivity index (χ1n) is 6.70. The Morgan fingerprint density at radius 1 is 1.33 bits per heavy atom. The first-order chi connectivity index (χ1) is 9.87. The van der Waals surface area contributed by atoms with E-state index in [-0.39, 0.29) is 17.7 Å². The van der Waals surface area contributed by atoms with Crippen molar-refractivity contribution in [3.05, 3.63) is 29.8 Å². The third kappa shape index (κ3) is 4.35. The van der Waals surface area contributed by atoms with Crippen LogP contribution < -0.4 is 10.1 Å². The summed E-state index contributed by atoms with van der Waals surface area (Å²) in [6.07, 6.45) is -2.80. The molecule has 1 fully saturated rings. The van der Waals surface area contributed by atoms with Gasteiger partial charge in [-0.25, -0.2) is 0 Å². The highest BCUT2D eigenvalue weighted by Crippen LogP contribution is 2.23. The smallest absolute Gasteiger partial charge is 0.406 e. The van der Waals surface area contributed by atoms with Gasteiger partial charge in [0.2, 0.25) is 0 Å². The number of ether oxygens (including phenoxy) is 1. The molecule has 0 aliphatic carbocycles. The summed E-state index contributed by atoms with van der Waals surface area (Å²) < 4.78 is 40.0. The van der Waals surface area contributed by atoms with Crippen molar-refractivity contribution in [3.63, 3.8) is 0 Å². The summed E-state index contributed by atoms with van der Waals surface area (Å²) in [5, 5.41) is 3.22. The quantitative estimate of drug-likeness (QED) is 0.932. The normalized spacial score (nSPS) is 19.1. The molecule has 0 aromatic heterocycles. The second-order valence-corrected chi connectivity index (χ2v) is 4.99. The maximum Gasteiger partial charge on any atom is 0.573 e. The molecule has 1 aromatic rings. The van der Waals surface area contributed by atoms with Crippen LogP contribution in [-0.4, -0.2) is 43.3 Å². The standard InChI is InChI=1S/C14H17F3N2O2/c1-19(11-3-2-8-18-9-11)13(20)10-4-6-12(7-5-10)21-14(15,16)17/h4-7,11,18H,2-3,8-9H2,1H3/t11-/m1/s1. The Hall–Kier alpha value is -1.76. The fraction of sp³-hybridized carbons (Fsp3) is 0.500. The van der Waals surface area contributed by atoms with Gasteiger partial charge in [-0.1, -0.05) is 0 Å². The van der Waals surface area contributed by atoms with Crippen molar-refractivity contribution >= 4 is 5.91 Å². The molecule has 1 atom stereocenters. The maximum atomic E-state index is 12.3. The van der Waals surface area contributed by atoms with Crippen LogP contribution in [0.15, 0.2) is 24.3 Å². The van der Waals surface area contributed by atoms with Crippen molar-refractivity contribution in [2.75, 3.05) is 20.1 Å². The first kappa shape index (κ1) is 15.6. The molecule has 0 saturated carbocycles. The molecule has 0 unspecified atom stereocenters. The zero-order valence-electron chi connectivity index (χ0n) is 11.6. The van der Waals surface area contributed by atoms with Crippen LogP contribution in [0.25, 0.3) is 0 Å². The summed E-state index contributed by atoms with van der Waals surface area (Å²) in [6.45, 7) is 1.68. The number of hydrogen-bond acceptors (Lipinski definition) is 3. The third-order valence-electron chi connectivity index (χ3n) is 3.47. The minimum Gasteiger partial charge on any atom is -0.406 e. The summed E-state index contributed by atoms with van der Waals surface area (Å²) in [4.78, 5) is 13.9. The van der Waals surface area contributed by atoms with Crippen LogP contribution in [0.5, 0.6) is 5.75 Å². The number of halogens is 3. The second-order valence-electron chi connectivity index (χ2n) is 4.99. The molecule has 2 rings (SSSR count). The van der Waals surface area contributed by atoms with Crippen molar-refractivity contribution in [2.24, 2.45) is 0 Å². The number of likely N-dealkylation sites (N-methyl/N-ethyl adjacent to an activating group) is 1. The van der Waals surface area contributed by atoms with Crippen LogP contribution in [-0.2, 0) is 0 Å². The van der Waals surface area contributed by atoms with Gasteiger partial charge >= 0.3 is 6.36 Å². The van der Waals surface area contributed by atoms with Gasteiger partial charge in [-0.15, -0.1) is 13.2 Å². The van der Waals surface area contributed by atoms with E-state index >= 15 is 0 Å². The van der Waals surface area contributed by atoms with Gasteiger partial charge in [-0.3, -0.25) is 4.79 Å².